The Morgan fingerprint density at radius 1 is 1.15 bits per heavy atom. The number of hydrogen-bond acceptors (Lipinski definition) is 4. The van der Waals surface area contributed by atoms with Crippen LogP contribution >= 0.6 is 0 Å². The van der Waals surface area contributed by atoms with Gasteiger partial charge in [0.25, 0.3) is 5.91 Å². The molecule has 142 valence electrons. The zero-order chi connectivity index (χ0) is 19.2. The molecule has 6 heteroatoms. The van der Waals surface area contributed by atoms with Gasteiger partial charge in [0.05, 0.1) is 19.6 Å². The molecule has 2 amide bonds. The van der Waals surface area contributed by atoms with Crippen molar-refractivity contribution in [2.24, 2.45) is 0 Å². The van der Waals surface area contributed by atoms with Gasteiger partial charge in [0.2, 0.25) is 5.91 Å². The maximum atomic E-state index is 12.6. The molecule has 27 heavy (non-hydrogen) atoms. The predicted octanol–water partition coefficient (Wildman–Crippen LogP) is 2.47. The largest absolute Gasteiger partial charge is 0.496 e. The molecule has 6 nitrogen and oxygen atoms in total. The van der Waals surface area contributed by atoms with Crippen LogP contribution < -0.4 is 10.1 Å². The van der Waals surface area contributed by atoms with Crippen molar-refractivity contribution >= 4 is 17.5 Å². The minimum Gasteiger partial charge on any atom is -0.496 e. The molecule has 1 fully saturated rings. The molecule has 0 aromatic heterocycles. The summed E-state index contributed by atoms with van der Waals surface area (Å²) in [6, 6.07) is 14.3. The first-order valence-corrected chi connectivity index (χ1v) is 9.06. The number of amides is 2. The van der Waals surface area contributed by atoms with E-state index in [1.165, 1.54) is 0 Å². The Hall–Kier alpha value is -2.86. The van der Waals surface area contributed by atoms with Gasteiger partial charge in [-0.25, -0.2) is 0 Å². The lowest BCUT2D eigenvalue weighted by Crippen LogP contribution is -2.40. The van der Waals surface area contributed by atoms with Crippen LogP contribution in [0, 0.1) is 0 Å². The lowest BCUT2D eigenvalue weighted by molar-refractivity contribution is -0.115. The summed E-state index contributed by atoms with van der Waals surface area (Å²) in [5, 5.41) is 12.4. The maximum Gasteiger partial charge on any atom is 0.253 e. The number of likely N-dealkylation sites (tertiary alicyclic amines) is 1. The van der Waals surface area contributed by atoms with E-state index in [0.29, 0.717) is 42.9 Å². The van der Waals surface area contributed by atoms with Gasteiger partial charge in [0.15, 0.2) is 0 Å². The van der Waals surface area contributed by atoms with Gasteiger partial charge in [-0.15, -0.1) is 0 Å². The first kappa shape index (κ1) is 18.9. The number of nitrogens with zero attached hydrogens (tertiary/aromatic N) is 1. The smallest absolute Gasteiger partial charge is 0.253 e. The van der Waals surface area contributed by atoms with Gasteiger partial charge in [-0.3, -0.25) is 9.59 Å². The summed E-state index contributed by atoms with van der Waals surface area (Å²) >= 11 is 0. The van der Waals surface area contributed by atoms with E-state index in [4.69, 9.17) is 4.74 Å². The summed E-state index contributed by atoms with van der Waals surface area (Å²) in [4.78, 5) is 26.8. The SMILES string of the molecule is COc1ccccc1CC(=O)Nc1cccc(C(=O)N2CCC(O)CC2)c1. The molecule has 2 N–H and O–H groups in total. The van der Waals surface area contributed by atoms with Crippen molar-refractivity contribution in [1.29, 1.82) is 0 Å². The van der Waals surface area contributed by atoms with Gasteiger partial charge in [-0.2, -0.15) is 0 Å². The Kier molecular flexibility index (Phi) is 6.08. The van der Waals surface area contributed by atoms with E-state index in [1.807, 2.05) is 24.3 Å². The van der Waals surface area contributed by atoms with Crippen molar-refractivity contribution < 1.29 is 19.4 Å². The van der Waals surface area contributed by atoms with Crippen LogP contribution in [0.1, 0.15) is 28.8 Å². The fraction of sp³-hybridized carbons (Fsp3) is 0.333. The fourth-order valence-corrected chi connectivity index (χ4v) is 3.21. The molecule has 3 rings (SSSR count). The molecule has 0 bridgehead atoms. The Balaban J connectivity index is 1.65. The molecule has 1 aliphatic heterocycles. The zero-order valence-corrected chi connectivity index (χ0v) is 15.4. The van der Waals surface area contributed by atoms with Crippen LogP contribution in [-0.4, -0.2) is 48.1 Å². The van der Waals surface area contributed by atoms with Crippen molar-refractivity contribution in [3.63, 3.8) is 0 Å². The number of para-hydroxylation sites is 1. The zero-order valence-electron chi connectivity index (χ0n) is 15.4. The van der Waals surface area contributed by atoms with Gasteiger partial charge in [-0.1, -0.05) is 24.3 Å². The standard InChI is InChI=1S/C21H24N2O4/c1-27-19-8-3-2-5-15(19)14-20(25)22-17-7-4-6-16(13-17)21(26)23-11-9-18(24)10-12-23/h2-8,13,18,24H,9-12,14H2,1H3,(H,22,25). The van der Waals surface area contributed by atoms with Crippen LogP contribution in [-0.2, 0) is 11.2 Å². The first-order chi connectivity index (χ1) is 13.1. The summed E-state index contributed by atoms with van der Waals surface area (Å²) in [7, 11) is 1.57. The highest BCUT2D eigenvalue weighted by atomic mass is 16.5. The summed E-state index contributed by atoms with van der Waals surface area (Å²) in [5.74, 6) is 0.414. The highest BCUT2D eigenvalue weighted by Gasteiger charge is 2.22. The third kappa shape index (κ3) is 4.86. The molecule has 0 atom stereocenters. The minimum atomic E-state index is -0.324. The number of nitrogens with one attached hydrogen (secondary N) is 1. The summed E-state index contributed by atoms with van der Waals surface area (Å²) in [6.07, 6.45) is 1.06. The monoisotopic (exact) mass is 368 g/mol. The average molecular weight is 368 g/mol. The van der Waals surface area contributed by atoms with Crippen LogP contribution in [0.25, 0.3) is 0 Å². The normalized spacial score (nSPS) is 14.7. The lowest BCUT2D eigenvalue weighted by atomic mass is 10.1. The van der Waals surface area contributed by atoms with Crippen molar-refractivity contribution in [3.05, 3.63) is 59.7 Å². The fourth-order valence-electron chi connectivity index (χ4n) is 3.21. The van der Waals surface area contributed by atoms with Gasteiger partial charge in [0.1, 0.15) is 5.75 Å². The Bertz CT molecular complexity index is 813. The Labute approximate surface area is 158 Å². The number of carbonyl (C=O) groups is 2. The number of rotatable bonds is 5. The summed E-state index contributed by atoms with van der Waals surface area (Å²) in [6.45, 7) is 1.09. The lowest BCUT2D eigenvalue weighted by Gasteiger charge is -2.29. The highest BCUT2D eigenvalue weighted by Crippen LogP contribution is 2.20. The third-order valence-corrected chi connectivity index (χ3v) is 4.69. The molecule has 1 saturated heterocycles. The number of carbonyl (C=O) groups excluding carboxylic acids is 2. The van der Waals surface area contributed by atoms with Crippen LogP contribution in [0.3, 0.4) is 0 Å². The number of piperidine rings is 1. The van der Waals surface area contributed by atoms with E-state index in [-0.39, 0.29) is 24.3 Å². The molecule has 0 unspecified atom stereocenters. The molecule has 0 aliphatic carbocycles. The Morgan fingerprint density at radius 3 is 2.63 bits per heavy atom. The Morgan fingerprint density at radius 2 is 1.89 bits per heavy atom. The van der Waals surface area contributed by atoms with Crippen LogP contribution in [0.5, 0.6) is 5.75 Å². The number of ether oxygens (including phenoxy) is 1. The highest BCUT2D eigenvalue weighted by molar-refractivity contribution is 5.97. The number of aliphatic hydroxyl groups is 1. The van der Waals surface area contributed by atoms with E-state index in [2.05, 4.69) is 5.32 Å². The molecule has 1 heterocycles. The van der Waals surface area contributed by atoms with Crippen LogP contribution in [0.4, 0.5) is 5.69 Å². The molecule has 0 radical (unpaired) electrons. The number of aliphatic hydroxyl groups excluding tert-OH is 1. The quantitative estimate of drug-likeness (QED) is 0.850. The van der Waals surface area contributed by atoms with E-state index in [9.17, 15) is 14.7 Å². The molecule has 2 aromatic carbocycles. The van der Waals surface area contributed by atoms with Gasteiger partial charge >= 0.3 is 0 Å². The molecular weight excluding hydrogens is 344 g/mol. The van der Waals surface area contributed by atoms with Crippen molar-refractivity contribution in [2.75, 3.05) is 25.5 Å². The molecule has 1 aliphatic rings. The second-order valence-electron chi connectivity index (χ2n) is 6.64. The molecule has 2 aromatic rings. The van der Waals surface area contributed by atoms with E-state index in [0.717, 1.165) is 5.56 Å². The molecular formula is C21H24N2O4. The number of methoxy groups -OCH3 is 1. The minimum absolute atomic E-state index is 0.0808. The van der Waals surface area contributed by atoms with Crippen molar-refractivity contribution in [3.8, 4) is 5.75 Å². The summed E-state index contributed by atoms with van der Waals surface area (Å²) in [5.41, 5.74) is 1.91. The average Bonchev–Trinajstić information content (AvgIpc) is 2.68. The first-order valence-electron chi connectivity index (χ1n) is 9.06. The van der Waals surface area contributed by atoms with E-state index >= 15 is 0 Å². The number of anilines is 1. The van der Waals surface area contributed by atoms with E-state index < -0.39 is 0 Å². The second-order valence-corrected chi connectivity index (χ2v) is 6.64. The molecule has 0 saturated carbocycles. The van der Waals surface area contributed by atoms with Gasteiger partial charge in [-0.05, 0) is 37.1 Å². The third-order valence-electron chi connectivity index (χ3n) is 4.69. The second kappa shape index (κ2) is 8.68. The van der Waals surface area contributed by atoms with Crippen molar-refractivity contribution in [2.45, 2.75) is 25.4 Å². The van der Waals surface area contributed by atoms with Crippen LogP contribution in [0.2, 0.25) is 0 Å². The predicted molar refractivity (Wildman–Crippen MR) is 103 cm³/mol. The van der Waals surface area contributed by atoms with Crippen LogP contribution in [0.15, 0.2) is 48.5 Å². The van der Waals surface area contributed by atoms with Crippen molar-refractivity contribution in [1.82, 2.24) is 4.90 Å². The topological polar surface area (TPSA) is 78.9 Å². The number of benzene rings is 2. The summed E-state index contributed by atoms with van der Waals surface area (Å²) < 4.78 is 5.27. The van der Waals surface area contributed by atoms with Gasteiger partial charge in [0, 0.05) is 29.9 Å². The van der Waals surface area contributed by atoms with Gasteiger partial charge < -0.3 is 20.1 Å². The number of hydrogen-bond donors (Lipinski definition) is 2. The maximum absolute atomic E-state index is 12.6. The molecule has 0 spiro atoms. The van der Waals surface area contributed by atoms with E-state index in [1.54, 1.807) is 36.3 Å².